The first-order valence-corrected chi connectivity index (χ1v) is 4.72. The third-order valence-corrected chi connectivity index (χ3v) is 2.39. The van der Waals surface area contributed by atoms with Crippen LogP contribution >= 0.6 is 12.4 Å². The van der Waals surface area contributed by atoms with Crippen molar-refractivity contribution < 1.29 is 10.2 Å². The van der Waals surface area contributed by atoms with Gasteiger partial charge in [0.1, 0.15) is 5.75 Å². The number of hydrogen-bond donors (Lipinski definition) is 3. The predicted octanol–water partition coefficient (Wildman–Crippen LogP) is 1.81. The highest BCUT2D eigenvalue weighted by molar-refractivity contribution is 5.85. The van der Waals surface area contributed by atoms with E-state index in [9.17, 15) is 5.11 Å². The Morgan fingerprint density at radius 1 is 1.27 bits per heavy atom. The van der Waals surface area contributed by atoms with E-state index in [1.54, 1.807) is 12.1 Å². The topological polar surface area (TPSA) is 66.5 Å². The highest BCUT2D eigenvalue weighted by Gasteiger charge is 2.12. The molecule has 0 heterocycles. The number of aromatic hydroxyl groups is 1. The minimum Gasteiger partial charge on any atom is -0.508 e. The van der Waals surface area contributed by atoms with Gasteiger partial charge in [-0.3, -0.25) is 0 Å². The van der Waals surface area contributed by atoms with Crippen LogP contribution in [0.4, 0.5) is 0 Å². The van der Waals surface area contributed by atoms with Crippen molar-refractivity contribution in [1.29, 1.82) is 0 Å². The van der Waals surface area contributed by atoms with Crippen LogP contribution in [0.25, 0.3) is 0 Å². The van der Waals surface area contributed by atoms with Crippen LogP contribution < -0.4 is 5.73 Å². The molecular weight excluding hydrogens is 214 g/mol. The summed E-state index contributed by atoms with van der Waals surface area (Å²) < 4.78 is 0. The summed E-state index contributed by atoms with van der Waals surface area (Å²) in [5.41, 5.74) is 8.89. The van der Waals surface area contributed by atoms with E-state index in [1.165, 1.54) is 0 Å². The molecule has 1 atom stereocenters. The van der Waals surface area contributed by atoms with Crippen molar-refractivity contribution in [2.75, 3.05) is 6.61 Å². The number of hydrogen-bond acceptors (Lipinski definition) is 3. The minimum absolute atomic E-state index is 0. The van der Waals surface area contributed by atoms with Gasteiger partial charge in [-0.2, -0.15) is 0 Å². The SMILES string of the molecule is Cc1cc(O)cc(C)c1[C@H](N)CCO.Cl. The zero-order valence-corrected chi connectivity index (χ0v) is 9.84. The molecule has 0 aromatic heterocycles. The molecule has 0 unspecified atom stereocenters. The van der Waals surface area contributed by atoms with E-state index in [1.807, 2.05) is 13.8 Å². The second kappa shape index (κ2) is 5.95. The van der Waals surface area contributed by atoms with Gasteiger partial charge < -0.3 is 15.9 Å². The molecule has 1 aromatic carbocycles. The second-order valence-corrected chi connectivity index (χ2v) is 3.61. The van der Waals surface area contributed by atoms with Gasteiger partial charge in [0.05, 0.1) is 0 Å². The van der Waals surface area contributed by atoms with Crippen molar-refractivity contribution in [2.24, 2.45) is 5.73 Å². The first-order chi connectivity index (χ1) is 6.56. The zero-order valence-electron chi connectivity index (χ0n) is 9.03. The van der Waals surface area contributed by atoms with E-state index >= 15 is 0 Å². The maximum absolute atomic E-state index is 9.34. The lowest BCUT2D eigenvalue weighted by Gasteiger charge is -2.16. The van der Waals surface area contributed by atoms with Gasteiger partial charge >= 0.3 is 0 Å². The summed E-state index contributed by atoms with van der Waals surface area (Å²) in [4.78, 5) is 0. The molecule has 0 saturated heterocycles. The highest BCUT2D eigenvalue weighted by atomic mass is 35.5. The first-order valence-electron chi connectivity index (χ1n) is 4.72. The van der Waals surface area contributed by atoms with E-state index in [0.717, 1.165) is 16.7 Å². The van der Waals surface area contributed by atoms with E-state index in [2.05, 4.69) is 0 Å². The predicted molar refractivity (Wildman–Crippen MR) is 63.5 cm³/mol. The van der Waals surface area contributed by atoms with Crippen molar-refractivity contribution in [3.05, 3.63) is 28.8 Å². The zero-order chi connectivity index (χ0) is 10.7. The number of benzene rings is 1. The van der Waals surface area contributed by atoms with Gasteiger partial charge in [-0.1, -0.05) is 0 Å². The Balaban J connectivity index is 0.00000196. The quantitative estimate of drug-likeness (QED) is 0.744. The summed E-state index contributed by atoms with van der Waals surface area (Å²) in [6, 6.07) is 3.24. The minimum atomic E-state index is -0.152. The van der Waals surface area contributed by atoms with Crippen LogP contribution in [0, 0.1) is 13.8 Å². The molecule has 0 spiro atoms. The summed E-state index contributed by atoms with van der Waals surface area (Å²) in [6.45, 7) is 3.92. The molecule has 0 saturated carbocycles. The van der Waals surface area contributed by atoms with Crippen LogP contribution in [0.1, 0.15) is 29.2 Å². The number of halogens is 1. The maximum atomic E-state index is 9.34. The maximum Gasteiger partial charge on any atom is 0.116 e. The Morgan fingerprint density at radius 3 is 2.13 bits per heavy atom. The van der Waals surface area contributed by atoms with E-state index in [-0.39, 0.29) is 30.8 Å². The van der Waals surface area contributed by atoms with Gasteiger partial charge in [-0.15, -0.1) is 12.4 Å². The number of aliphatic hydroxyl groups excluding tert-OH is 1. The first kappa shape index (κ1) is 14.2. The van der Waals surface area contributed by atoms with Gasteiger partial charge in [-0.25, -0.2) is 0 Å². The molecule has 0 aliphatic rings. The molecule has 15 heavy (non-hydrogen) atoms. The van der Waals surface area contributed by atoms with Gasteiger partial charge in [-0.05, 0) is 49.1 Å². The van der Waals surface area contributed by atoms with Crippen LogP contribution in [0.3, 0.4) is 0 Å². The molecule has 0 amide bonds. The normalized spacial score (nSPS) is 12.0. The standard InChI is InChI=1S/C11H17NO2.ClH/c1-7-5-9(14)6-8(2)11(7)10(12)3-4-13;/h5-6,10,13-14H,3-4,12H2,1-2H3;1H/t10-;/m1./s1. The van der Waals surface area contributed by atoms with Crippen molar-refractivity contribution in [1.82, 2.24) is 0 Å². The second-order valence-electron chi connectivity index (χ2n) is 3.61. The lowest BCUT2D eigenvalue weighted by Crippen LogP contribution is -2.14. The fourth-order valence-corrected chi connectivity index (χ4v) is 1.82. The van der Waals surface area contributed by atoms with Crippen molar-refractivity contribution >= 4 is 12.4 Å². The van der Waals surface area contributed by atoms with Crippen molar-refractivity contribution in [3.8, 4) is 5.75 Å². The lowest BCUT2D eigenvalue weighted by molar-refractivity contribution is 0.276. The molecule has 4 heteroatoms. The molecule has 0 radical (unpaired) electrons. The van der Waals surface area contributed by atoms with Gasteiger partial charge in [0.15, 0.2) is 0 Å². The summed E-state index contributed by atoms with van der Waals surface area (Å²) in [5.74, 6) is 0.264. The van der Waals surface area contributed by atoms with Crippen LogP contribution in [-0.4, -0.2) is 16.8 Å². The Hall–Kier alpha value is -0.770. The molecule has 0 fully saturated rings. The Morgan fingerprint density at radius 2 is 1.73 bits per heavy atom. The fourth-order valence-electron chi connectivity index (χ4n) is 1.82. The summed E-state index contributed by atoms with van der Waals surface area (Å²) in [7, 11) is 0. The molecule has 0 aliphatic carbocycles. The molecule has 86 valence electrons. The average Bonchev–Trinajstić information content (AvgIpc) is 2.01. The summed E-state index contributed by atoms with van der Waals surface area (Å²) >= 11 is 0. The Labute approximate surface area is 96.3 Å². The van der Waals surface area contributed by atoms with E-state index in [0.29, 0.717) is 6.42 Å². The number of phenols is 1. The Bertz CT molecular complexity index is 305. The molecule has 4 N–H and O–H groups in total. The molecule has 0 bridgehead atoms. The van der Waals surface area contributed by atoms with Gasteiger partial charge in [0.25, 0.3) is 0 Å². The molecular formula is C11H18ClNO2. The van der Waals surface area contributed by atoms with Crippen LogP contribution in [-0.2, 0) is 0 Å². The smallest absolute Gasteiger partial charge is 0.116 e. The molecule has 0 aliphatic heterocycles. The van der Waals surface area contributed by atoms with Crippen molar-refractivity contribution in [3.63, 3.8) is 0 Å². The molecule has 1 aromatic rings. The third-order valence-electron chi connectivity index (χ3n) is 2.39. The van der Waals surface area contributed by atoms with Gasteiger partial charge in [0, 0.05) is 12.6 Å². The summed E-state index contributed by atoms with van der Waals surface area (Å²) in [5, 5.41) is 18.1. The van der Waals surface area contributed by atoms with E-state index in [4.69, 9.17) is 10.8 Å². The van der Waals surface area contributed by atoms with Crippen LogP contribution in [0.2, 0.25) is 0 Å². The van der Waals surface area contributed by atoms with Gasteiger partial charge in [0.2, 0.25) is 0 Å². The highest BCUT2D eigenvalue weighted by Crippen LogP contribution is 2.26. The number of nitrogens with two attached hydrogens (primary N) is 1. The lowest BCUT2D eigenvalue weighted by atomic mass is 9.94. The monoisotopic (exact) mass is 231 g/mol. The van der Waals surface area contributed by atoms with E-state index < -0.39 is 0 Å². The third kappa shape index (κ3) is 3.38. The molecule has 1 rings (SSSR count). The summed E-state index contributed by atoms with van der Waals surface area (Å²) in [6.07, 6.45) is 0.548. The van der Waals surface area contributed by atoms with Crippen LogP contribution in [0.15, 0.2) is 12.1 Å². The fraction of sp³-hybridized carbons (Fsp3) is 0.455. The number of aryl methyl sites for hydroxylation is 2. The number of rotatable bonds is 3. The Kier molecular flexibility index (Phi) is 5.65. The molecule has 3 nitrogen and oxygen atoms in total. The van der Waals surface area contributed by atoms with Crippen molar-refractivity contribution in [2.45, 2.75) is 26.3 Å². The number of phenolic OH excluding ortho intramolecular Hbond substituents is 1. The van der Waals surface area contributed by atoms with Crippen LogP contribution in [0.5, 0.6) is 5.75 Å². The average molecular weight is 232 g/mol. The largest absolute Gasteiger partial charge is 0.508 e. The number of aliphatic hydroxyl groups is 1.